The molecular weight excluding hydrogens is 343 g/mol. The number of aromatic nitrogens is 1. The van der Waals surface area contributed by atoms with Crippen LogP contribution in [-0.4, -0.2) is 40.5 Å². The van der Waals surface area contributed by atoms with Crippen molar-refractivity contribution in [2.75, 3.05) is 18.5 Å². The topological polar surface area (TPSA) is 91.7 Å². The van der Waals surface area contributed by atoms with Gasteiger partial charge in [-0.25, -0.2) is 9.78 Å². The van der Waals surface area contributed by atoms with E-state index < -0.39 is 18.7 Å². The molecule has 8 heteroatoms. The number of para-hydroxylation sites is 1. The summed E-state index contributed by atoms with van der Waals surface area (Å²) in [6, 6.07) is 8.06. The Balaban J connectivity index is 2.22. The molecule has 1 aromatic heterocycles. The molecule has 2 aromatic rings. The summed E-state index contributed by atoms with van der Waals surface area (Å²) in [6.45, 7) is -0.822. The first-order chi connectivity index (χ1) is 11.0. The van der Waals surface area contributed by atoms with Crippen LogP contribution in [0.5, 0.6) is 0 Å². The van der Waals surface area contributed by atoms with Gasteiger partial charge in [0.2, 0.25) is 0 Å². The third-order valence-corrected chi connectivity index (χ3v) is 3.48. The molecule has 0 radical (unpaired) electrons. The summed E-state index contributed by atoms with van der Waals surface area (Å²) in [7, 11) is 0. The molecule has 1 aromatic carbocycles. The fraction of sp³-hybridized carbons (Fsp3) is 0.200. The number of nitrogens with zero attached hydrogens (tertiary/aromatic N) is 1. The molecule has 1 unspecified atom stereocenters. The first-order valence-corrected chi connectivity index (χ1v) is 7.40. The number of pyridine rings is 1. The van der Waals surface area contributed by atoms with Crippen molar-refractivity contribution in [1.82, 2.24) is 4.98 Å². The predicted octanol–water partition coefficient (Wildman–Crippen LogP) is 2.64. The number of hydrogen-bond donors (Lipinski definition) is 3. The number of benzene rings is 1. The summed E-state index contributed by atoms with van der Waals surface area (Å²) >= 11 is 12.2. The summed E-state index contributed by atoms with van der Waals surface area (Å²) < 4.78 is 4.92. The lowest BCUT2D eigenvalue weighted by Crippen LogP contribution is -2.22. The third kappa shape index (κ3) is 4.56. The van der Waals surface area contributed by atoms with Crippen molar-refractivity contribution < 1.29 is 19.7 Å². The highest BCUT2D eigenvalue weighted by Gasteiger charge is 2.17. The van der Waals surface area contributed by atoms with Gasteiger partial charge in [-0.1, -0.05) is 29.3 Å². The Morgan fingerprint density at radius 1 is 1.26 bits per heavy atom. The molecule has 2 rings (SSSR count). The van der Waals surface area contributed by atoms with Gasteiger partial charge in [-0.3, -0.25) is 0 Å². The Labute approximate surface area is 142 Å². The lowest BCUT2D eigenvalue weighted by molar-refractivity contribution is 0.00938. The molecule has 0 fully saturated rings. The number of halogens is 2. The standard InChI is InChI=1S/C15H14Cl2N2O4/c16-11-4-1-5-12(17)13(11)19-14-10(3-2-6-18-14)15(22)23-8-9(21)7-20/h1-6,9,20-21H,7-8H2,(H,18,19). The number of nitrogens with one attached hydrogen (secondary N) is 1. The molecule has 1 atom stereocenters. The van der Waals surface area contributed by atoms with Crippen molar-refractivity contribution in [3.05, 3.63) is 52.1 Å². The molecule has 0 spiro atoms. The van der Waals surface area contributed by atoms with Crippen molar-refractivity contribution in [2.45, 2.75) is 6.10 Å². The predicted molar refractivity (Wildman–Crippen MR) is 87.4 cm³/mol. The SMILES string of the molecule is O=C(OCC(O)CO)c1cccnc1Nc1c(Cl)cccc1Cl. The first-order valence-electron chi connectivity index (χ1n) is 6.65. The van der Waals surface area contributed by atoms with Crippen LogP contribution in [0.2, 0.25) is 10.0 Å². The summed E-state index contributed by atoms with van der Waals surface area (Å²) in [6.07, 6.45) is 0.358. The number of esters is 1. The number of anilines is 2. The maximum atomic E-state index is 12.1. The van der Waals surface area contributed by atoms with Crippen LogP contribution in [-0.2, 0) is 4.74 Å². The molecular formula is C15H14Cl2N2O4. The van der Waals surface area contributed by atoms with Gasteiger partial charge in [0.05, 0.1) is 22.3 Å². The molecule has 0 saturated heterocycles. The van der Waals surface area contributed by atoms with Gasteiger partial charge in [-0.2, -0.15) is 0 Å². The largest absolute Gasteiger partial charge is 0.459 e. The molecule has 3 N–H and O–H groups in total. The molecule has 1 heterocycles. The van der Waals surface area contributed by atoms with Crippen LogP contribution in [0.15, 0.2) is 36.5 Å². The van der Waals surface area contributed by atoms with Crippen molar-refractivity contribution in [1.29, 1.82) is 0 Å². The number of carbonyl (C=O) groups is 1. The zero-order chi connectivity index (χ0) is 16.8. The highest BCUT2D eigenvalue weighted by molar-refractivity contribution is 6.39. The van der Waals surface area contributed by atoms with Gasteiger partial charge in [0.15, 0.2) is 0 Å². The zero-order valence-electron chi connectivity index (χ0n) is 11.9. The maximum absolute atomic E-state index is 12.1. The zero-order valence-corrected chi connectivity index (χ0v) is 13.4. The van der Waals surface area contributed by atoms with Crippen LogP contribution in [0.3, 0.4) is 0 Å². The van der Waals surface area contributed by atoms with Crippen molar-refractivity contribution in [3.63, 3.8) is 0 Å². The van der Waals surface area contributed by atoms with E-state index >= 15 is 0 Å². The highest BCUT2D eigenvalue weighted by atomic mass is 35.5. The van der Waals surface area contributed by atoms with Gasteiger partial charge in [-0.05, 0) is 24.3 Å². The molecule has 0 saturated carbocycles. The minimum atomic E-state index is -1.13. The van der Waals surface area contributed by atoms with Crippen LogP contribution in [0.4, 0.5) is 11.5 Å². The Morgan fingerprint density at radius 3 is 2.61 bits per heavy atom. The van der Waals surface area contributed by atoms with E-state index in [0.29, 0.717) is 15.7 Å². The Morgan fingerprint density at radius 2 is 1.96 bits per heavy atom. The van der Waals surface area contributed by atoms with Crippen molar-refractivity contribution >= 4 is 40.7 Å². The number of carbonyl (C=O) groups excluding carboxylic acids is 1. The van der Waals surface area contributed by atoms with E-state index in [4.69, 9.17) is 33.0 Å². The van der Waals surface area contributed by atoms with Crippen LogP contribution >= 0.6 is 23.2 Å². The number of hydrogen-bond acceptors (Lipinski definition) is 6. The Hall–Kier alpha value is -1.86. The lowest BCUT2D eigenvalue weighted by atomic mass is 10.2. The lowest BCUT2D eigenvalue weighted by Gasteiger charge is -2.13. The quantitative estimate of drug-likeness (QED) is 0.689. The molecule has 6 nitrogen and oxygen atoms in total. The molecule has 0 amide bonds. The highest BCUT2D eigenvalue weighted by Crippen LogP contribution is 2.32. The monoisotopic (exact) mass is 356 g/mol. The number of aliphatic hydroxyl groups excluding tert-OH is 2. The van der Waals surface area contributed by atoms with E-state index in [1.165, 1.54) is 12.3 Å². The average molecular weight is 357 g/mol. The molecule has 0 bridgehead atoms. The van der Waals surface area contributed by atoms with Gasteiger partial charge >= 0.3 is 5.97 Å². The second kappa shape index (κ2) is 8.12. The maximum Gasteiger partial charge on any atom is 0.342 e. The molecule has 0 aliphatic rings. The number of rotatable bonds is 6. The summed E-state index contributed by atoms with van der Waals surface area (Å²) in [5.74, 6) is -0.484. The van der Waals surface area contributed by atoms with Crippen LogP contribution < -0.4 is 5.32 Å². The van der Waals surface area contributed by atoms with Gasteiger partial charge in [-0.15, -0.1) is 0 Å². The minimum Gasteiger partial charge on any atom is -0.459 e. The number of ether oxygens (including phenoxy) is 1. The molecule has 23 heavy (non-hydrogen) atoms. The normalized spacial score (nSPS) is 11.8. The Bertz CT molecular complexity index is 677. The van der Waals surface area contributed by atoms with Crippen LogP contribution in [0.1, 0.15) is 10.4 Å². The van der Waals surface area contributed by atoms with Crippen LogP contribution in [0.25, 0.3) is 0 Å². The first kappa shape index (κ1) is 17.5. The van der Waals surface area contributed by atoms with Gasteiger partial charge in [0.25, 0.3) is 0 Å². The number of aliphatic hydroxyl groups is 2. The van der Waals surface area contributed by atoms with E-state index in [0.717, 1.165) is 0 Å². The van der Waals surface area contributed by atoms with E-state index in [1.54, 1.807) is 24.3 Å². The fourth-order valence-corrected chi connectivity index (χ4v) is 2.20. The van der Waals surface area contributed by atoms with Crippen molar-refractivity contribution in [2.24, 2.45) is 0 Å². The van der Waals surface area contributed by atoms with E-state index in [2.05, 4.69) is 10.3 Å². The fourth-order valence-electron chi connectivity index (χ4n) is 1.71. The Kier molecular flexibility index (Phi) is 6.18. The summed E-state index contributed by atoms with van der Waals surface area (Å²) in [4.78, 5) is 16.2. The molecule has 0 aliphatic heterocycles. The van der Waals surface area contributed by atoms with E-state index in [1.807, 2.05) is 0 Å². The van der Waals surface area contributed by atoms with Gasteiger partial charge in [0.1, 0.15) is 24.1 Å². The summed E-state index contributed by atoms with van der Waals surface area (Å²) in [5.41, 5.74) is 0.563. The van der Waals surface area contributed by atoms with Crippen molar-refractivity contribution in [3.8, 4) is 0 Å². The van der Waals surface area contributed by atoms with E-state index in [9.17, 15) is 9.90 Å². The smallest absolute Gasteiger partial charge is 0.342 e. The van der Waals surface area contributed by atoms with Gasteiger partial charge < -0.3 is 20.3 Å². The molecule has 0 aliphatic carbocycles. The molecule has 122 valence electrons. The van der Waals surface area contributed by atoms with Gasteiger partial charge in [0, 0.05) is 6.20 Å². The second-order valence-electron chi connectivity index (χ2n) is 4.56. The van der Waals surface area contributed by atoms with Crippen LogP contribution in [0, 0.1) is 0 Å². The minimum absolute atomic E-state index is 0.147. The second-order valence-corrected chi connectivity index (χ2v) is 5.37. The summed E-state index contributed by atoms with van der Waals surface area (Å²) in [5, 5.41) is 21.6. The third-order valence-electron chi connectivity index (χ3n) is 2.85. The van der Waals surface area contributed by atoms with E-state index in [-0.39, 0.29) is 18.0 Å². The average Bonchev–Trinajstić information content (AvgIpc) is 2.56.